The van der Waals surface area contributed by atoms with Gasteiger partial charge in [0.05, 0.1) is 17.6 Å². The molecule has 7 heteroatoms. The van der Waals surface area contributed by atoms with Crippen LogP contribution in [0.1, 0.15) is 21.7 Å². The molecule has 6 nitrogen and oxygen atoms in total. The SMILES string of the molecule is Cc1n[nH]c(C(=O)Nc2cnc3[nH]c(-c4ccccc4Cl)cc3c2)c1C. The van der Waals surface area contributed by atoms with E-state index in [1.54, 1.807) is 6.20 Å². The van der Waals surface area contributed by atoms with Crippen molar-refractivity contribution >= 4 is 34.2 Å². The maximum absolute atomic E-state index is 12.4. The molecule has 3 aromatic heterocycles. The minimum Gasteiger partial charge on any atom is -0.339 e. The number of aromatic nitrogens is 4. The fourth-order valence-electron chi connectivity index (χ4n) is 2.81. The van der Waals surface area contributed by atoms with Crippen molar-refractivity contribution in [2.24, 2.45) is 0 Å². The van der Waals surface area contributed by atoms with Crippen LogP contribution in [-0.4, -0.2) is 26.1 Å². The smallest absolute Gasteiger partial charge is 0.273 e. The van der Waals surface area contributed by atoms with E-state index in [-0.39, 0.29) is 5.91 Å². The lowest BCUT2D eigenvalue weighted by Gasteiger charge is -2.04. The molecule has 4 rings (SSSR count). The number of carbonyl (C=O) groups excluding carboxylic acids is 1. The molecular formula is C19H16ClN5O. The lowest BCUT2D eigenvalue weighted by Crippen LogP contribution is -2.13. The number of benzene rings is 1. The van der Waals surface area contributed by atoms with E-state index >= 15 is 0 Å². The Kier molecular flexibility index (Phi) is 3.97. The Labute approximate surface area is 154 Å². The van der Waals surface area contributed by atoms with Crippen LogP contribution in [-0.2, 0) is 0 Å². The lowest BCUT2D eigenvalue weighted by molar-refractivity contribution is 0.102. The van der Waals surface area contributed by atoms with Gasteiger partial charge in [-0.05, 0) is 32.0 Å². The Morgan fingerprint density at radius 2 is 2.00 bits per heavy atom. The molecule has 0 fully saturated rings. The third-order valence-electron chi connectivity index (χ3n) is 4.37. The second kappa shape index (κ2) is 6.31. The number of H-pyrrole nitrogens is 2. The highest BCUT2D eigenvalue weighted by Gasteiger charge is 2.15. The van der Waals surface area contributed by atoms with E-state index in [4.69, 9.17) is 11.6 Å². The first-order valence-corrected chi connectivity index (χ1v) is 8.47. The van der Waals surface area contributed by atoms with E-state index in [0.29, 0.717) is 16.4 Å². The van der Waals surface area contributed by atoms with Gasteiger partial charge in [-0.1, -0.05) is 29.8 Å². The normalized spacial score (nSPS) is 11.0. The number of nitrogens with zero attached hydrogens (tertiary/aromatic N) is 2. The molecule has 130 valence electrons. The van der Waals surface area contributed by atoms with Crippen molar-refractivity contribution in [2.45, 2.75) is 13.8 Å². The van der Waals surface area contributed by atoms with Gasteiger partial charge in [0.1, 0.15) is 11.3 Å². The summed E-state index contributed by atoms with van der Waals surface area (Å²) >= 11 is 6.26. The van der Waals surface area contributed by atoms with Gasteiger partial charge in [0.25, 0.3) is 5.91 Å². The highest BCUT2D eigenvalue weighted by Crippen LogP contribution is 2.30. The van der Waals surface area contributed by atoms with Crippen LogP contribution in [0, 0.1) is 13.8 Å². The van der Waals surface area contributed by atoms with Crippen LogP contribution in [0.25, 0.3) is 22.3 Å². The molecule has 0 aliphatic carbocycles. The molecule has 1 aromatic carbocycles. The molecule has 0 atom stereocenters. The van der Waals surface area contributed by atoms with E-state index in [2.05, 4.69) is 25.5 Å². The van der Waals surface area contributed by atoms with Crippen LogP contribution in [0.5, 0.6) is 0 Å². The second-order valence-electron chi connectivity index (χ2n) is 6.09. The largest absolute Gasteiger partial charge is 0.339 e. The van der Waals surface area contributed by atoms with Crippen LogP contribution in [0.3, 0.4) is 0 Å². The Balaban J connectivity index is 1.65. The third-order valence-corrected chi connectivity index (χ3v) is 4.70. The van der Waals surface area contributed by atoms with Crippen molar-refractivity contribution in [3.05, 3.63) is 64.6 Å². The van der Waals surface area contributed by atoms with Gasteiger partial charge >= 0.3 is 0 Å². The van der Waals surface area contributed by atoms with Gasteiger partial charge < -0.3 is 10.3 Å². The monoisotopic (exact) mass is 365 g/mol. The maximum atomic E-state index is 12.4. The summed E-state index contributed by atoms with van der Waals surface area (Å²) in [7, 11) is 0. The number of hydrogen-bond donors (Lipinski definition) is 3. The van der Waals surface area contributed by atoms with Gasteiger partial charge in [-0.15, -0.1) is 0 Å². The van der Waals surface area contributed by atoms with Gasteiger partial charge in [0, 0.05) is 27.2 Å². The molecule has 1 amide bonds. The molecule has 26 heavy (non-hydrogen) atoms. The van der Waals surface area contributed by atoms with Crippen LogP contribution in [0.2, 0.25) is 5.02 Å². The summed E-state index contributed by atoms with van der Waals surface area (Å²) in [6.07, 6.45) is 1.62. The molecule has 0 unspecified atom stereocenters. The molecule has 0 radical (unpaired) electrons. The molecule has 0 spiro atoms. The summed E-state index contributed by atoms with van der Waals surface area (Å²) in [6, 6.07) is 11.4. The van der Waals surface area contributed by atoms with Crippen LogP contribution < -0.4 is 5.32 Å². The first-order valence-electron chi connectivity index (χ1n) is 8.09. The number of hydrogen-bond acceptors (Lipinski definition) is 3. The number of carbonyl (C=O) groups is 1. The predicted octanol–water partition coefficient (Wildman–Crippen LogP) is 4.48. The number of rotatable bonds is 3. The predicted molar refractivity (Wildman–Crippen MR) is 103 cm³/mol. The number of halogens is 1. The molecule has 4 aromatic rings. The Morgan fingerprint density at radius 3 is 2.73 bits per heavy atom. The van der Waals surface area contributed by atoms with Crippen molar-refractivity contribution in [3.8, 4) is 11.3 Å². The van der Waals surface area contributed by atoms with Crippen molar-refractivity contribution < 1.29 is 4.79 Å². The van der Waals surface area contributed by atoms with Gasteiger partial charge in [-0.2, -0.15) is 5.10 Å². The molecule has 3 N–H and O–H groups in total. The minimum atomic E-state index is -0.244. The van der Waals surface area contributed by atoms with Gasteiger partial charge in [0.15, 0.2) is 0 Å². The number of aryl methyl sites for hydroxylation is 1. The Hall–Kier alpha value is -3.12. The van der Waals surface area contributed by atoms with E-state index in [0.717, 1.165) is 33.5 Å². The van der Waals surface area contributed by atoms with Crippen molar-refractivity contribution in [1.82, 2.24) is 20.2 Å². The zero-order chi connectivity index (χ0) is 18.3. The number of nitrogens with one attached hydrogen (secondary N) is 3. The van der Waals surface area contributed by atoms with Gasteiger partial charge in [-0.3, -0.25) is 9.89 Å². The first-order chi connectivity index (χ1) is 12.5. The number of pyridine rings is 1. The summed E-state index contributed by atoms with van der Waals surface area (Å²) in [4.78, 5) is 20.1. The summed E-state index contributed by atoms with van der Waals surface area (Å²) in [5, 5.41) is 11.2. The van der Waals surface area contributed by atoms with Crippen molar-refractivity contribution in [2.75, 3.05) is 5.32 Å². The van der Waals surface area contributed by atoms with Crippen LogP contribution in [0.15, 0.2) is 42.6 Å². The van der Waals surface area contributed by atoms with Gasteiger partial charge in [0.2, 0.25) is 0 Å². The van der Waals surface area contributed by atoms with E-state index in [1.165, 1.54) is 0 Å². The Morgan fingerprint density at radius 1 is 1.19 bits per heavy atom. The summed E-state index contributed by atoms with van der Waals surface area (Å²) in [6.45, 7) is 3.71. The third kappa shape index (κ3) is 2.84. The van der Waals surface area contributed by atoms with Crippen molar-refractivity contribution in [1.29, 1.82) is 0 Å². The zero-order valence-corrected chi connectivity index (χ0v) is 15.0. The standard InChI is InChI=1S/C19H16ClN5O/c1-10-11(2)24-25-17(10)19(26)22-13-7-12-8-16(23-18(12)21-9-13)14-5-3-4-6-15(14)20/h3-9H,1-2H3,(H,21,23)(H,22,26)(H,24,25). The average Bonchev–Trinajstić information content (AvgIpc) is 3.19. The molecule has 0 saturated carbocycles. The molecule has 3 heterocycles. The van der Waals surface area contributed by atoms with Crippen LogP contribution in [0.4, 0.5) is 5.69 Å². The average molecular weight is 366 g/mol. The molecule has 0 aliphatic heterocycles. The van der Waals surface area contributed by atoms with Crippen LogP contribution >= 0.6 is 11.6 Å². The quantitative estimate of drug-likeness (QED) is 0.500. The second-order valence-corrected chi connectivity index (χ2v) is 6.50. The summed E-state index contributed by atoms with van der Waals surface area (Å²) in [5.41, 5.74) is 5.21. The van der Waals surface area contributed by atoms with Crippen molar-refractivity contribution in [3.63, 3.8) is 0 Å². The first kappa shape index (κ1) is 16.4. The number of aromatic amines is 2. The number of anilines is 1. The topological polar surface area (TPSA) is 86.5 Å². The number of amides is 1. The summed E-state index contributed by atoms with van der Waals surface area (Å²) < 4.78 is 0. The zero-order valence-electron chi connectivity index (χ0n) is 14.2. The number of fused-ring (bicyclic) bond motifs is 1. The minimum absolute atomic E-state index is 0.244. The lowest BCUT2D eigenvalue weighted by atomic mass is 10.1. The molecular weight excluding hydrogens is 350 g/mol. The highest BCUT2D eigenvalue weighted by atomic mass is 35.5. The highest BCUT2D eigenvalue weighted by molar-refractivity contribution is 6.33. The molecule has 0 bridgehead atoms. The fourth-order valence-corrected chi connectivity index (χ4v) is 3.05. The maximum Gasteiger partial charge on any atom is 0.273 e. The fraction of sp³-hybridized carbons (Fsp3) is 0.105. The Bertz CT molecular complexity index is 1130. The van der Waals surface area contributed by atoms with E-state index in [9.17, 15) is 4.79 Å². The van der Waals surface area contributed by atoms with E-state index < -0.39 is 0 Å². The van der Waals surface area contributed by atoms with E-state index in [1.807, 2.05) is 50.2 Å². The molecule has 0 aliphatic rings. The summed E-state index contributed by atoms with van der Waals surface area (Å²) in [5.74, 6) is -0.244. The molecule has 0 saturated heterocycles. The van der Waals surface area contributed by atoms with Gasteiger partial charge in [-0.25, -0.2) is 4.98 Å².